The average molecular weight is 230 g/mol. The molecule has 1 aromatic carbocycles. The SMILES string of the molecule is OCc1cccc2c1ncn2C(F)C(F)F. The normalized spacial score (nSPS) is 13.6. The standard InChI is InChI=1S/C10H9F3N2O/c11-9(12)10(13)15-5-14-8-6(4-16)2-1-3-7(8)15/h1-3,5,9-10,16H,4H2. The fraction of sp³-hybridized carbons (Fsp3) is 0.300. The number of nitrogens with zero attached hydrogens (tertiary/aromatic N) is 2. The van der Waals surface area contributed by atoms with E-state index in [1.54, 1.807) is 12.1 Å². The lowest BCUT2D eigenvalue weighted by atomic mass is 10.2. The van der Waals surface area contributed by atoms with Crippen LogP contribution in [0.4, 0.5) is 13.2 Å². The van der Waals surface area contributed by atoms with Gasteiger partial charge in [-0.1, -0.05) is 12.1 Å². The molecular formula is C10H9F3N2O. The van der Waals surface area contributed by atoms with Crippen LogP contribution in [-0.4, -0.2) is 21.1 Å². The first-order chi connectivity index (χ1) is 7.65. The summed E-state index contributed by atoms with van der Waals surface area (Å²) in [6.07, 6.45) is -4.50. The third-order valence-corrected chi connectivity index (χ3v) is 2.33. The van der Waals surface area contributed by atoms with Crippen LogP contribution in [0.5, 0.6) is 0 Å². The topological polar surface area (TPSA) is 38.1 Å². The van der Waals surface area contributed by atoms with Crippen LogP contribution in [0.15, 0.2) is 24.5 Å². The summed E-state index contributed by atoms with van der Waals surface area (Å²) in [5.41, 5.74) is 1.07. The number of rotatable bonds is 3. The molecule has 0 aliphatic heterocycles. The Labute approximate surface area is 89.1 Å². The number of alkyl halides is 3. The lowest BCUT2D eigenvalue weighted by Gasteiger charge is -2.09. The minimum absolute atomic E-state index is 0.249. The minimum atomic E-state index is -3.10. The second-order valence-corrected chi connectivity index (χ2v) is 3.30. The van der Waals surface area contributed by atoms with Gasteiger partial charge in [-0.2, -0.15) is 0 Å². The van der Waals surface area contributed by atoms with Crippen LogP contribution in [0.2, 0.25) is 0 Å². The third kappa shape index (κ3) is 1.65. The van der Waals surface area contributed by atoms with Crippen LogP contribution in [0.3, 0.4) is 0 Å². The van der Waals surface area contributed by atoms with Gasteiger partial charge < -0.3 is 5.11 Å². The van der Waals surface area contributed by atoms with E-state index >= 15 is 0 Å². The maximum atomic E-state index is 13.2. The van der Waals surface area contributed by atoms with E-state index in [0.29, 0.717) is 11.1 Å². The van der Waals surface area contributed by atoms with E-state index < -0.39 is 12.7 Å². The Kier molecular flexibility index (Phi) is 2.82. The smallest absolute Gasteiger partial charge is 0.288 e. The maximum Gasteiger partial charge on any atom is 0.288 e. The minimum Gasteiger partial charge on any atom is -0.392 e. The highest BCUT2D eigenvalue weighted by atomic mass is 19.3. The van der Waals surface area contributed by atoms with E-state index in [-0.39, 0.29) is 12.1 Å². The molecule has 0 radical (unpaired) electrons. The molecule has 0 spiro atoms. The fourth-order valence-corrected chi connectivity index (χ4v) is 1.56. The number of halogens is 3. The molecule has 1 heterocycles. The number of aliphatic hydroxyl groups excluding tert-OH is 1. The Hall–Kier alpha value is -1.56. The van der Waals surface area contributed by atoms with Gasteiger partial charge in [0.15, 0.2) is 0 Å². The predicted octanol–water partition coefficient (Wildman–Crippen LogP) is 2.26. The summed E-state index contributed by atoms with van der Waals surface area (Å²) in [5.74, 6) is 0. The van der Waals surface area contributed by atoms with Gasteiger partial charge in [0.05, 0.1) is 24.0 Å². The second kappa shape index (κ2) is 4.13. The van der Waals surface area contributed by atoms with E-state index in [4.69, 9.17) is 5.11 Å². The first kappa shape index (κ1) is 10.9. The molecule has 6 heteroatoms. The van der Waals surface area contributed by atoms with Crippen LogP contribution in [0.25, 0.3) is 11.0 Å². The van der Waals surface area contributed by atoms with Crippen LogP contribution in [0.1, 0.15) is 11.9 Å². The molecule has 2 rings (SSSR count). The number of aromatic nitrogens is 2. The summed E-state index contributed by atoms with van der Waals surface area (Å²) in [4.78, 5) is 3.82. The highest BCUT2D eigenvalue weighted by Gasteiger charge is 2.23. The summed E-state index contributed by atoms with van der Waals surface area (Å²) in [6.45, 7) is -0.264. The van der Waals surface area contributed by atoms with Gasteiger partial charge in [-0.25, -0.2) is 18.2 Å². The number of imidazole rings is 1. The van der Waals surface area contributed by atoms with Crippen LogP contribution in [0, 0.1) is 0 Å². The van der Waals surface area contributed by atoms with Gasteiger partial charge in [0, 0.05) is 5.56 Å². The van der Waals surface area contributed by atoms with Crippen molar-refractivity contribution < 1.29 is 18.3 Å². The highest BCUT2D eigenvalue weighted by Crippen LogP contribution is 2.25. The Morgan fingerprint density at radius 2 is 2.06 bits per heavy atom. The van der Waals surface area contributed by atoms with Crippen molar-refractivity contribution in [2.45, 2.75) is 19.3 Å². The molecule has 0 aliphatic carbocycles. The number of benzene rings is 1. The molecular weight excluding hydrogens is 221 g/mol. The lowest BCUT2D eigenvalue weighted by molar-refractivity contribution is 0.0103. The van der Waals surface area contributed by atoms with Gasteiger partial charge in [0.2, 0.25) is 6.30 Å². The van der Waals surface area contributed by atoms with Gasteiger partial charge in [0.1, 0.15) is 0 Å². The maximum absolute atomic E-state index is 13.2. The molecule has 0 aliphatic rings. The number of aliphatic hydroxyl groups is 1. The van der Waals surface area contributed by atoms with Crippen LogP contribution < -0.4 is 0 Å². The van der Waals surface area contributed by atoms with Gasteiger partial charge in [-0.3, -0.25) is 4.57 Å². The third-order valence-electron chi connectivity index (χ3n) is 2.33. The summed E-state index contributed by atoms with van der Waals surface area (Å²) < 4.78 is 38.4. The zero-order valence-corrected chi connectivity index (χ0v) is 8.15. The fourth-order valence-electron chi connectivity index (χ4n) is 1.56. The summed E-state index contributed by atoms with van der Waals surface area (Å²) in [5, 5.41) is 9.00. The Morgan fingerprint density at radius 1 is 1.31 bits per heavy atom. The molecule has 0 saturated heterocycles. The molecule has 0 bridgehead atoms. The van der Waals surface area contributed by atoms with Crippen molar-refractivity contribution in [3.8, 4) is 0 Å². The second-order valence-electron chi connectivity index (χ2n) is 3.30. The van der Waals surface area contributed by atoms with Crippen molar-refractivity contribution in [2.24, 2.45) is 0 Å². The van der Waals surface area contributed by atoms with Crippen molar-refractivity contribution in [3.63, 3.8) is 0 Å². The molecule has 16 heavy (non-hydrogen) atoms. The molecule has 1 unspecified atom stereocenters. The van der Waals surface area contributed by atoms with E-state index in [2.05, 4.69) is 4.98 Å². The molecule has 0 amide bonds. The summed E-state index contributed by atoms with van der Waals surface area (Å²) in [7, 11) is 0. The molecule has 1 aromatic heterocycles. The van der Waals surface area contributed by atoms with Gasteiger partial charge in [-0.05, 0) is 6.07 Å². The van der Waals surface area contributed by atoms with Crippen LogP contribution >= 0.6 is 0 Å². The van der Waals surface area contributed by atoms with Crippen molar-refractivity contribution in [3.05, 3.63) is 30.1 Å². The molecule has 3 nitrogen and oxygen atoms in total. The summed E-state index contributed by atoms with van der Waals surface area (Å²) in [6, 6.07) is 4.65. The predicted molar refractivity (Wildman–Crippen MR) is 51.8 cm³/mol. The molecule has 1 N–H and O–H groups in total. The Morgan fingerprint density at radius 3 is 2.69 bits per heavy atom. The molecule has 0 saturated carbocycles. The molecule has 1 atom stereocenters. The Bertz CT molecular complexity index is 498. The molecule has 2 aromatic rings. The van der Waals surface area contributed by atoms with E-state index in [1.807, 2.05) is 0 Å². The zero-order valence-electron chi connectivity index (χ0n) is 8.15. The van der Waals surface area contributed by atoms with E-state index in [1.165, 1.54) is 6.07 Å². The number of hydrogen-bond donors (Lipinski definition) is 1. The van der Waals surface area contributed by atoms with E-state index in [9.17, 15) is 13.2 Å². The first-order valence-electron chi connectivity index (χ1n) is 4.62. The zero-order chi connectivity index (χ0) is 11.7. The summed E-state index contributed by atoms with van der Waals surface area (Å²) >= 11 is 0. The quantitative estimate of drug-likeness (QED) is 0.878. The van der Waals surface area contributed by atoms with Crippen molar-refractivity contribution in [1.82, 2.24) is 9.55 Å². The van der Waals surface area contributed by atoms with Gasteiger partial charge in [-0.15, -0.1) is 0 Å². The number of fused-ring (bicyclic) bond motifs is 1. The van der Waals surface area contributed by atoms with Crippen molar-refractivity contribution in [2.75, 3.05) is 0 Å². The largest absolute Gasteiger partial charge is 0.392 e. The molecule has 86 valence electrons. The van der Waals surface area contributed by atoms with Crippen LogP contribution in [-0.2, 0) is 6.61 Å². The number of para-hydroxylation sites is 1. The van der Waals surface area contributed by atoms with Crippen molar-refractivity contribution in [1.29, 1.82) is 0 Å². The highest BCUT2D eigenvalue weighted by molar-refractivity contribution is 5.78. The van der Waals surface area contributed by atoms with Gasteiger partial charge in [0.25, 0.3) is 6.43 Å². The lowest BCUT2D eigenvalue weighted by Crippen LogP contribution is -2.11. The average Bonchev–Trinajstić information content (AvgIpc) is 2.71. The molecule has 0 fully saturated rings. The first-order valence-corrected chi connectivity index (χ1v) is 4.62. The van der Waals surface area contributed by atoms with Gasteiger partial charge >= 0.3 is 0 Å². The van der Waals surface area contributed by atoms with Crippen molar-refractivity contribution >= 4 is 11.0 Å². The van der Waals surface area contributed by atoms with E-state index in [0.717, 1.165) is 10.9 Å². The Balaban J connectivity index is 2.57. The monoisotopic (exact) mass is 230 g/mol. The number of hydrogen-bond acceptors (Lipinski definition) is 2.